The first-order chi connectivity index (χ1) is 12.6. The first-order valence-corrected chi connectivity index (χ1v) is 9.47. The van der Waals surface area contributed by atoms with Gasteiger partial charge >= 0.3 is 0 Å². The molecule has 6 heteroatoms. The zero-order valence-electron chi connectivity index (χ0n) is 14.5. The Balaban J connectivity index is 1.54. The number of nitrogens with one attached hydrogen (secondary N) is 1. The number of ether oxygens (including phenoxy) is 1. The summed E-state index contributed by atoms with van der Waals surface area (Å²) in [6.07, 6.45) is 4.75. The Kier molecular flexibility index (Phi) is 4.78. The van der Waals surface area contributed by atoms with E-state index in [2.05, 4.69) is 25.9 Å². The molecule has 5 nitrogen and oxygen atoms in total. The average Bonchev–Trinajstić information content (AvgIpc) is 3.30. The lowest BCUT2D eigenvalue weighted by molar-refractivity contribution is 0.0766. The second-order valence-corrected chi connectivity index (χ2v) is 7.66. The van der Waals surface area contributed by atoms with Gasteiger partial charge in [-0.15, -0.1) is 0 Å². The third-order valence-electron chi connectivity index (χ3n) is 4.84. The number of halogens is 1. The molecule has 26 heavy (non-hydrogen) atoms. The minimum Gasteiger partial charge on any atom is -0.381 e. The lowest BCUT2D eigenvalue weighted by Gasteiger charge is -2.20. The summed E-state index contributed by atoms with van der Waals surface area (Å²) in [7, 11) is 1.86. The predicted octanol–water partition coefficient (Wildman–Crippen LogP) is 4.10. The zero-order valence-corrected chi connectivity index (χ0v) is 16.1. The molecule has 134 valence electrons. The Morgan fingerprint density at radius 1 is 1.38 bits per heavy atom. The van der Waals surface area contributed by atoms with Crippen LogP contribution in [0.2, 0.25) is 0 Å². The topological polar surface area (TPSA) is 58.2 Å². The predicted molar refractivity (Wildman–Crippen MR) is 105 cm³/mol. The van der Waals surface area contributed by atoms with Crippen molar-refractivity contribution < 1.29 is 9.53 Å². The van der Waals surface area contributed by atoms with Gasteiger partial charge in [0.2, 0.25) is 0 Å². The Labute approximate surface area is 160 Å². The molecule has 0 spiro atoms. The molecule has 0 unspecified atom stereocenters. The number of pyridine rings is 1. The van der Waals surface area contributed by atoms with E-state index in [0.29, 0.717) is 11.5 Å². The quantitative estimate of drug-likeness (QED) is 0.700. The van der Waals surface area contributed by atoms with E-state index in [-0.39, 0.29) is 5.91 Å². The maximum Gasteiger partial charge on any atom is 0.253 e. The number of nitrogens with zero attached hydrogens (tertiary/aromatic N) is 2. The number of H-pyrrole nitrogens is 1. The van der Waals surface area contributed by atoms with E-state index >= 15 is 0 Å². The number of aromatic nitrogens is 2. The van der Waals surface area contributed by atoms with Crippen LogP contribution in [0.3, 0.4) is 0 Å². The monoisotopic (exact) mass is 413 g/mol. The summed E-state index contributed by atoms with van der Waals surface area (Å²) in [5.41, 5.74) is 3.68. The lowest BCUT2D eigenvalue weighted by atomic mass is 10.0. The summed E-state index contributed by atoms with van der Waals surface area (Å²) in [4.78, 5) is 22.0. The zero-order chi connectivity index (χ0) is 18.1. The van der Waals surface area contributed by atoms with E-state index in [1.54, 1.807) is 11.1 Å². The first-order valence-electron chi connectivity index (χ1n) is 8.68. The molecule has 1 N–H and O–H groups in total. The fourth-order valence-corrected chi connectivity index (χ4v) is 3.76. The summed E-state index contributed by atoms with van der Waals surface area (Å²) in [5, 5.41) is 1.05. The first kappa shape index (κ1) is 17.2. The van der Waals surface area contributed by atoms with Crippen LogP contribution in [0.5, 0.6) is 0 Å². The van der Waals surface area contributed by atoms with Crippen molar-refractivity contribution in [1.29, 1.82) is 0 Å². The molecule has 0 aliphatic carbocycles. The summed E-state index contributed by atoms with van der Waals surface area (Å²) in [5.74, 6) is 0.493. The summed E-state index contributed by atoms with van der Waals surface area (Å²) < 4.78 is 6.33. The van der Waals surface area contributed by atoms with Crippen molar-refractivity contribution in [2.24, 2.45) is 5.92 Å². The van der Waals surface area contributed by atoms with Crippen LogP contribution in [0.1, 0.15) is 16.8 Å². The smallest absolute Gasteiger partial charge is 0.253 e. The van der Waals surface area contributed by atoms with Gasteiger partial charge in [-0.05, 0) is 46.1 Å². The normalized spacial score (nSPS) is 16.9. The Hall–Kier alpha value is -2.18. The number of fused-ring (bicyclic) bond motifs is 1. The molecule has 0 saturated carbocycles. The van der Waals surface area contributed by atoms with Crippen LogP contribution in [0.25, 0.3) is 22.2 Å². The van der Waals surface area contributed by atoms with Crippen molar-refractivity contribution in [3.05, 3.63) is 52.8 Å². The number of amides is 1. The third kappa shape index (κ3) is 3.39. The van der Waals surface area contributed by atoms with E-state index < -0.39 is 0 Å². The maximum atomic E-state index is 12.6. The fraction of sp³-hybridized carbons (Fsp3) is 0.300. The van der Waals surface area contributed by atoms with Crippen LogP contribution in [-0.4, -0.2) is 47.6 Å². The summed E-state index contributed by atoms with van der Waals surface area (Å²) in [6, 6.07) is 9.81. The molecule has 3 heterocycles. The van der Waals surface area contributed by atoms with E-state index in [9.17, 15) is 4.79 Å². The second-order valence-electron chi connectivity index (χ2n) is 6.74. The molecule has 0 bridgehead atoms. The van der Waals surface area contributed by atoms with Crippen LogP contribution in [0.15, 0.2) is 47.2 Å². The third-order valence-corrected chi connectivity index (χ3v) is 5.28. The van der Waals surface area contributed by atoms with Gasteiger partial charge in [0.05, 0.1) is 6.61 Å². The molecule has 0 radical (unpaired) electrons. The van der Waals surface area contributed by atoms with Crippen molar-refractivity contribution in [2.75, 3.05) is 26.8 Å². The Morgan fingerprint density at radius 2 is 2.19 bits per heavy atom. The molecule has 3 aromatic rings. The molecule has 1 amide bonds. The maximum absolute atomic E-state index is 12.6. The number of hydrogen-bond donors (Lipinski definition) is 1. The van der Waals surface area contributed by atoms with E-state index in [1.807, 2.05) is 43.6 Å². The summed E-state index contributed by atoms with van der Waals surface area (Å²) in [6.45, 7) is 2.29. The van der Waals surface area contributed by atoms with Crippen LogP contribution in [0.4, 0.5) is 0 Å². The number of benzene rings is 1. The van der Waals surface area contributed by atoms with Crippen LogP contribution in [-0.2, 0) is 4.74 Å². The van der Waals surface area contributed by atoms with Gasteiger partial charge in [-0.2, -0.15) is 0 Å². The van der Waals surface area contributed by atoms with Crippen molar-refractivity contribution in [3.8, 4) is 11.1 Å². The molecule has 1 aliphatic heterocycles. The molecular formula is C20H20BrN3O2. The van der Waals surface area contributed by atoms with Gasteiger partial charge in [0.15, 0.2) is 0 Å². The lowest BCUT2D eigenvalue weighted by Crippen LogP contribution is -2.32. The number of rotatable bonds is 4. The van der Waals surface area contributed by atoms with Crippen LogP contribution >= 0.6 is 15.9 Å². The molecule has 4 rings (SSSR count). The second kappa shape index (κ2) is 7.21. The van der Waals surface area contributed by atoms with Gasteiger partial charge in [-0.3, -0.25) is 4.79 Å². The molecular weight excluding hydrogens is 394 g/mol. The molecule has 1 saturated heterocycles. The van der Waals surface area contributed by atoms with Crippen molar-refractivity contribution in [2.45, 2.75) is 6.42 Å². The Morgan fingerprint density at radius 3 is 2.92 bits per heavy atom. The van der Waals surface area contributed by atoms with Crippen molar-refractivity contribution >= 4 is 32.9 Å². The minimum atomic E-state index is 0.0480. The van der Waals surface area contributed by atoms with Crippen molar-refractivity contribution in [3.63, 3.8) is 0 Å². The number of carbonyl (C=O) groups is 1. The molecule has 1 fully saturated rings. The number of hydrogen-bond acceptors (Lipinski definition) is 3. The highest BCUT2D eigenvalue weighted by atomic mass is 79.9. The van der Waals surface area contributed by atoms with Crippen LogP contribution < -0.4 is 0 Å². The Bertz CT molecular complexity index is 930. The molecule has 1 atom stereocenters. The van der Waals surface area contributed by atoms with Crippen molar-refractivity contribution in [1.82, 2.24) is 14.9 Å². The number of carbonyl (C=O) groups excluding carboxylic acids is 1. The van der Waals surface area contributed by atoms with Gasteiger partial charge in [-0.25, -0.2) is 4.98 Å². The van der Waals surface area contributed by atoms with Gasteiger partial charge in [0, 0.05) is 59.5 Å². The number of aromatic amines is 1. The SMILES string of the molecule is CN(C[C@H]1CCOC1)C(=O)c1ccc(-c2c[nH]c3ncc(Br)cc23)cc1. The highest BCUT2D eigenvalue weighted by molar-refractivity contribution is 9.10. The largest absolute Gasteiger partial charge is 0.381 e. The summed E-state index contributed by atoms with van der Waals surface area (Å²) >= 11 is 3.47. The van der Waals surface area contributed by atoms with E-state index in [4.69, 9.17) is 4.74 Å². The molecule has 2 aromatic heterocycles. The highest BCUT2D eigenvalue weighted by Crippen LogP contribution is 2.29. The van der Waals surface area contributed by atoms with E-state index in [0.717, 1.165) is 52.8 Å². The van der Waals surface area contributed by atoms with Gasteiger partial charge < -0.3 is 14.6 Å². The fourth-order valence-electron chi connectivity index (χ4n) is 3.43. The van der Waals surface area contributed by atoms with Gasteiger partial charge in [0.25, 0.3) is 5.91 Å². The molecule has 1 aromatic carbocycles. The average molecular weight is 414 g/mol. The van der Waals surface area contributed by atoms with Crippen LogP contribution in [0, 0.1) is 5.92 Å². The highest BCUT2D eigenvalue weighted by Gasteiger charge is 2.21. The van der Waals surface area contributed by atoms with E-state index in [1.165, 1.54) is 0 Å². The van der Waals surface area contributed by atoms with Gasteiger partial charge in [-0.1, -0.05) is 12.1 Å². The molecule has 1 aliphatic rings. The van der Waals surface area contributed by atoms with Gasteiger partial charge in [0.1, 0.15) is 5.65 Å². The standard InChI is InChI=1S/C20H20BrN3O2/c1-24(11-13-6-7-26-12-13)20(25)15-4-2-14(3-5-15)18-10-23-19-17(18)8-16(21)9-22-19/h2-5,8-10,13H,6-7,11-12H2,1H3,(H,22,23)/t13-/m1/s1. The minimum absolute atomic E-state index is 0.0480.